The molecule has 5 heteroatoms. The van der Waals surface area contributed by atoms with E-state index in [1.807, 2.05) is 60.7 Å². The first-order valence-corrected chi connectivity index (χ1v) is 10.8. The zero-order valence-corrected chi connectivity index (χ0v) is 18.2. The van der Waals surface area contributed by atoms with Crippen molar-refractivity contribution >= 4 is 5.91 Å². The molecule has 158 valence electrons. The quantitative estimate of drug-likeness (QED) is 0.501. The molecule has 0 spiro atoms. The van der Waals surface area contributed by atoms with Crippen LogP contribution >= 0.6 is 0 Å². The lowest BCUT2D eigenvalue weighted by Crippen LogP contribution is -2.33. The molecule has 3 aromatic rings. The lowest BCUT2D eigenvalue weighted by atomic mass is 10.1. The highest BCUT2D eigenvalue weighted by Gasteiger charge is 2.11. The molecule has 0 radical (unpaired) electrons. The van der Waals surface area contributed by atoms with Gasteiger partial charge in [0.2, 0.25) is 0 Å². The first-order chi connectivity index (χ1) is 14.6. The van der Waals surface area contributed by atoms with Gasteiger partial charge in [-0.3, -0.25) is 9.89 Å². The molecule has 1 atom stereocenters. The van der Waals surface area contributed by atoms with E-state index in [0.29, 0.717) is 5.56 Å². The number of hydrogen-bond donors (Lipinski definition) is 2. The Balaban J connectivity index is 1.55. The van der Waals surface area contributed by atoms with Gasteiger partial charge in [-0.25, -0.2) is 0 Å². The van der Waals surface area contributed by atoms with Gasteiger partial charge in [0.15, 0.2) is 0 Å². The number of aromatic nitrogens is 2. The highest BCUT2D eigenvalue weighted by molar-refractivity contribution is 5.94. The summed E-state index contributed by atoms with van der Waals surface area (Å²) in [6.45, 7) is 9.68. The molecule has 0 bridgehead atoms. The zero-order valence-electron chi connectivity index (χ0n) is 18.2. The van der Waals surface area contributed by atoms with Crippen LogP contribution < -0.4 is 5.32 Å². The van der Waals surface area contributed by atoms with Gasteiger partial charge in [-0.1, -0.05) is 56.3 Å². The maximum Gasteiger partial charge on any atom is 0.251 e. The van der Waals surface area contributed by atoms with E-state index in [-0.39, 0.29) is 11.9 Å². The number of nitrogens with one attached hydrogen (secondary N) is 2. The summed E-state index contributed by atoms with van der Waals surface area (Å²) < 4.78 is 0. The van der Waals surface area contributed by atoms with Crippen molar-refractivity contribution < 1.29 is 4.79 Å². The maximum atomic E-state index is 12.6. The molecule has 3 rings (SSSR count). The molecule has 2 aromatic carbocycles. The molecule has 0 saturated carbocycles. The van der Waals surface area contributed by atoms with Gasteiger partial charge in [0.05, 0.1) is 11.4 Å². The molecule has 30 heavy (non-hydrogen) atoms. The summed E-state index contributed by atoms with van der Waals surface area (Å²) in [5.41, 5.74) is 4.60. The molecule has 5 nitrogen and oxygen atoms in total. The van der Waals surface area contributed by atoms with Gasteiger partial charge < -0.3 is 10.2 Å². The molecule has 1 unspecified atom stereocenters. The number of nitrogens with zero attached hydrogens (tertiary/aromatic N) is 2. The molecule has 1 amide bonds. The molecule has 0 fully saturated rings. The van der Waals surface area contributed by atoms with Crippen molar-refractivity contribution in [2.24, 2.45) is 0 Å². The average Bonchev–Trinajstić information content (AvgIpc) is 3.28. The van der Waals surface area contributed by atoms with Crippen molar-refractivity contribution in [2.75, 3.05) is 19.6 Å². The van der Waals surface area contributed by atoms with E-state index in [2.05, 4.69) is 41.2 Å². The van der Waals surface area contributed by atoms with Gasteiger partial charge in [-0.05, 0) is 63.2 Å². The fourth-order valence-corrected chi connectivity index (χ4v) is 3.57. The number of aromatic amines is 1. The fourth-order valence-electron chi connectivity index (χ4n) is 3.57. The summed E-state index contributed by atoms with van der Waals surface area (Å²) in [5.74, 6) is -0.0218. The van der Waals surface area contributed by atoms with Gasteiger partial charge >= 0.3 is 0 Å². The van der Waals surface area contributed by atoms with Gasteiger partial charge in [-0.15, -0.1) is 0 Å². The maximum absolute atomic E-state index is 12.6. The smallest absolute Gasteiger partial charge is 0.251 e. The monoisotopic (exact) mass is 404 g/mol. The minimum absolute atomic E-state index is 0.0218. The molecular formula is C25H32N4O. The Kier molecular flexibility index (Phi) is 7.80. The molecule has 0 saturated heterocycles. The first-order valence-electron chi connectivity index (χ1n) is 10.8. The van der Waals surface area contributed by atoms with Crippen LogP contribution in [0.1, 0.15) is 44.0 Å². The van der Waals surface area contributed by atoms with Gasteiger partial charge in [0, 0.05) is 17.2 Å². The number of H-pyrrole nitrogens is 1. The predicted molar refractivity (Wildman–Crippen MR) is 123 cm³/mol. The summed E-state index contributed by atoms with van der Waals surface area (Å²) in [4.78, 5) is 15.0. The summed E-state index contributed by atoms with van der Waals surface area (Å²) in [6.07, 6.45) is 2.07. The molecule has 1 aromatic heterocycles. The third-order valence-electron chi connectivity index (χ3n) is 5.49. The topological polar surface area (TPSA) is 61.0 Å². The van der Waals surface area contributed by atoms with Crippen LogP contribution in [0.3, 0.4) is 0 Å². The standard InChI is InChI=1S/C25H32N4O/c1-4-29(5-2)17-9-10-19(3)26-25(30)22-15-13-21(14-16-22)24-18-23(27-28-24)20-11-7-6-8-12-20/h6-8,11-16,18-19H,4-5,9-10,17H2,1-3H3,(H,26,30)(H,27,28). The molecular weight excluding hydrogens is 372 g/mol. The molecule has 0 aliphatic rings. The number of amides is 1. The van der Waals surface area contributed by atoms with Crippen LogP contribution in [0.5, 0.6) is 0 Å². The molecule has 0 aliphatic carbocycles. The lowest BCUT2D eigenvalue weighted by molar-refractivity contribution is 0.0937. The number of carbonyl (C=O) groups excluding carboxylic acids is 1. The number of benzene rings is 2. The predicted octanol–water partition coefficient (Wildman–Crippen LogP) is 4.98. The second-order valence-electron chi connectivity index (χ2n) is 7.65. The van der Waals surface area contributed by atoms with Crippen molar-refractivity contribution in [3.63, 3.8) is 0 Å². The summed E-state index contributed by atoms with van der Waals surface area (Å²) in [5, 5.41) is 10.6. The van der Waals surface area contributed by atoms with Crippen molar-refractivity contribution in [3.8, 4) is 22.5 Å². The second kappa shape index (κ2) is 10.7. The van der Waals surface area contributed by atoms with Crippen LogP contribution in [0.25, 0.3) is 22.5 Å². The third kappa shape index (κ3) is 5.80. The largest absolute Gasteiger partial charge is 0.350 e. The van der Waals surface area contributed by atoms with E-state index in [0.717, 1.165) is 55.0 Å². The summed E-state index contributed by atoms with van der Waals surface area (Å²) in [7, 11) is 0. The Morgan fingerprint density at radius 2 is 1.73 bits per heavy atom. The minimum Gasteiger partial charge on any atom is -0.350 e. The Hall–Kier alpha value is -2.92. The van der Waals surface area contributed by atoms with E-state index in [9.17, 15) is 4.79 Å². The van der Waals surface area contributed by atoms with E-state index in [1.165, 1.54) is 0 Å². The van der Waals surface area contributed by atoms with Gasteiger partial charge in [0.25, 0.3) is 5.91 Å². The van der Waals surface area contributed by atoms with E-state index in [1.54, 1.807) is 0 Å². The van der Waals surface area contributed by atoms with Crippen molar-refractivity contribution in [1.29, 1.82) is 0 Å². The van der Waals surface area contributed by atoms with E-state index < -0.39 is 0 Å². The van der Waals surface area contributed by atoms with Crippen LogP contribution in [0, 0.1) is 0 Å². The molecule has 0 aliphatic heterocycles. The van der Waals surface area contributed by atoms with Crippen molar-refractivity contribution in [1.82, 2.24) is 20.4 Å². The Labute approximate surface area is 179 Å². The highest BCUT2D eigenvalue weighted by atomic mass is 16.1. The second-order valence-corrected chi connectivity index (χ2v) is 7.65. The van der Waals surface area contributed by atoms with Crippen LogP contribution in [-0.4, -0.2) is 46.7 Å². The van der Waals surface area contributed by atoms with Gasteiger partial charge in [0.1, 0.15) is 0 Å². The number of carbonyl (C=O) groups is 1. The van der Waals surface area contributed by atoms with Crippen molar-refractivity contribution in [3.05, 3.63) is 66.2 Å². The Morgan fingerprint density at radius 1 is 1.03 bits per heavy atom. The van der Waals surface area contributed by atoms with E-state index in [4.69, 9.17) is 0 Å². The minimum atomic E-state index is -0.0218. The Morgan fingerprint density at radius 3 is 2.40 bits per heavy atom. The first kappa shape index (κ1) is 21.8. The molecule has 1 heterocycles. The fraction of sp³-hybridized carbons (Fsp3) is 0.360. The summed E-state index contributed by atoms with van der Waals surface area (Å²) in [6, 6.07) is 19.9. The van der Waals surface area contributed by atoms with Crippen LogP contribution in [-0.2, 0) is 0 Å². The van der Waals surface area contributed by atoms with E-state index >= 15 is 0 Å². The SMILES string of the molecule is CCN(CC)CCCC(C)NC(=O)c1ccc(-c2cc(-c3ccccc3)n[nH]2)cc1. The highest BCUT2D eigenvalue weighted by Crippen LogP contribution is 2.24. The van der Waals surface area contributed by atoms with Crippen molar-refractivity contribution in [2.45, 2.75) is 39.7 Å². The number of rotatable bonds is 10. The third-order valence-corrected chi connectivity index (χ3v) is 5.49. The van der Waals surface area contributed by atoms with Gasteiger partial charge in [-0.2, -0.15) is 5.10 Å². The summed E-state index contributed by atoms with van der Waals surface area (Å²) >= 11 is 0. The molecule has 2 N–H and O–H groups in total. The normalized spacial score (nSPS) is 12.1. The lowest BCUT2D eigenvalue weighted by Gasteiger charge is -2.19. The zero-order chi connectivity index (χ0) is 21.3. The van der Waals surface area contributed by atoms with Crippen LogP contribution in [0.2, 0.25) is 0 Å². The van der Waals surface area contributed by atoms with Crippen LogP contribution in [0.15, 0.2) is 60.7 Å². The number of hydrogen-bond acceptors (Lipinski definition) is 3. The average molecular weight is 405 g/mol. The van der Waals surface area contributed by atoms with Crippen LogP contribution in [0.4, 0.5) is 0 Å². The Bertz CT molecular complexity index is 914.